The lowest BCUT2D eigenvalue weighted by molar-refractivity contribution is -0.114. The van der Waals surface area contributed by atoms with Gasteiger partial charge in [-0.1, -0.05) is 18.1 Å². The molecule has 8 heteroatoms. The Hall–Kier alpha value is -3.68. The lowest BCUT2D eigenvalue weighted by Gasteiger charge is -2.36. The first-order valence-electron chi connectivity index (χ1n) is 10.4. The summed E-state index contributed by atoms with van der Waals surface area (Å²) in [6.07, 6.45) is 0.714. The summed E-state index contributed by atoms with van der Waals surface area (Å²) in [6, 6.07) is 15.1. The van der Waals surface area contributed by atoms with Crippen molar-refractivity contribution in [3.05, 3.63) is 60.0 Å². The molecule has 2 amide bonds. The maximum atomic E-state index is 12.9. The summed E-state index contributed by atoms with van der Waals surface area (Å²) in [5, 5.41) is 6.73. The number of anilines is 2. The normalized spacial score (nSPS) is 13.9. The Morgan fingerprint density at radius 1 is 1.06 bits per heavy atom. The zero-order chi connectivity index (χ0) is 21.8. The van der Waals surface area contributed by atoms with Gasteiger partial charge in [0.15, 0.2) is 0 Å². The van der Waals surface area contributed by atoms with E-state index in [0.29, 0.717) is 42.5 Å². The molecule has 0 spiro atoms. The number of amides is 2. The van der Waals surface area contributed by atoms with Gasteiger partial charge in [0.1, 0.15) is 0 Å². The van der Waals surface area contributed by atoms with E-state index in [2.05, 4.69) is 20.4 Å². The minimum atomic E-state index is -0.158. The number of aryl methyl sites for hydroxylation is 1. The standard InChI is InChI=1S/C23H25N5O3/c1-3-21-25-22(26-31-21)17-7-9-20(10-8-17)27-11-13-28(14-12-27)23(30)18-5-4-6-19(15-18)24-16(2)29/h4-10,15H,3,11-14H2,1-2H3,(H,24,29). The number of carbonyl (C=O) groups excluding carboxylic acids is 2. The van der Waals surface area contributed by atoms with Crippen LogP contribution in [0.2, 0.25) is 0 Å². The molecule has 8 nitrogen and oxygen atoms in total. The lowest BCUT2D eigenvalue weighted by atomic mass is 10.1. The molecule has 0 aliphatic carbocycles. The highest BCUT2D eigenvalue weighted by atomic mass is 16.5. The van der Waals surface area contributed by atoms with E-state index >= 15 is 0 Å². The van der Waals surface area contributed by atoms with E-state index in [0.717, 1.165) is 24.3 Å². The number of benzene rings is 2. The van der Waals surface area contributed by atoms with Crippen LogP contribution in [0.5, 0.6) is 0 Å². The second kappa shape index (κ2) is 8.99. The summed E-state index contributed by atoms with van der Waals surface area (Å²) in [5.74, 6) is 1.04. The van der Waals surface area contributed by atoms with Crippen LogP contribution in [-0.4, -0.2) is 53.0 Å². The molecule has 1 aliphatic rings. The van der Waals surface area contributed by atoms with Gasteiger partial charge in [-0.25, -0.2) is 0 Å². The third-order valence-electron chi connectivity index (χ3n) is 5.26. The third-order valence-corrected chi connectivity index (χ3v) is 5.26. The number of carbonyl (C=O) groups is 2. The molecule has 0 bridgehead atoms. The van der Waals surface area contributed by atoms with Gasteiger partial charge in [-0.3, -0.25) is 9.59 Å². The van der Waals surface area contributed by atoms with Gasteiger partial charge in [0, 0.05) is 62.0 Å². The third kappa shape index (κ3) is 4.74. The van der Waals surface area contributed by atoms with Crippen molar-refractivity contribution in [3.8, 4) is 11.4 Å². The van der Waals surface area contributed by atoms with E-state index in [1.165, 1.54) is 6.92 Å². The molecular formula is C23H25N5O3. The van der Waals surface area contributed by atoms with E-state index in [4.69, 9.17) is 4.52 Å². The number of aromatic nitrogens is 2. The van der Waals surface area contributed by atoms with Gasteiger partial charge in [0.2, 0.25) is 17.6 Å². The van der Waals surface area contributed by atoms with Crippen LogP contribution >= 0.6 is 0 Å². The van der Waals surface area contributed by atoms with E-state index in [9.17, 15) is 9.59 Å². The van der Waals surface area contributed by atoms with Crippen LogP contribution in [0, 0.1) is 0 Å². The molecule has 1 aliphatic heterocycles. The Morgan fingerprint density at radius 2 is 1.81 bits per heavy atom. The Morgan fingerprint density at radius 3 is 2.45 bits per heavy atom. The van der Waals surface area contributed by atoms with E-state index in [1.54, 1.807) is 24.3 Å². The molecule has 160 valence electrons. The van der Waals surface area contributed by atoms with Crippen molar-refractivity contribution in [2.24, 2.45) is 0 Å². The van der Waals surface area contributed by atoms with Gasteiger partial charge >= 0.3 is 0 Å². The van der Waals surface area contributed by atoms with Crippen LogP contribution in [-0.2, 0) is 11.2 Å². The highest BCUT2D eigenvalue weighted by Crippen LogP contribution is 2.23. The molecule has 1 saturated heterocycles. The second-order valence-corrected chi connectivity index (χ2v) is 7.45. The van der Waals surface area contributed by atoms with Crippen LogP contribution in [0.3, 0.4) is 0 Å². The summed E-state index contributed by atoms with van der Waals surface area (Å²) in [4.78, 5) is 32.6. The van der Waals surface area contributed by atoms with Crippen molar-refractivity contribution < 1.29 is 14.1 Å². The minimum absolute atomic E-state index is 0.0222. The number of rotatable bonds is 5. The van der Waals surface area contributed by atoms with Gasteiger partial charge in [0.05, 0.1) is 0 Å². The average Bonchev–Trinajstić information content (AvgIpc) is 3.28. The molecule has 0 saturated carbocycles. The fraction of sp³-hybridized carbons (Fsp3) is 0.304. The Balaban J connectivity index is 1.37. The molecule has 0 unspecified atom stereocenters. The summed E-state index contributed by atoms with van der Waals surface area (Å²) in [5.41, 5.74) is 3.23. The zero-order valence-electron chi connectivity index (χ0n) is 17.7. The molecule has 4 rings (SSSR count). The van der Waals surface area contributed by atoms with Crippen molar-refractivity contribution in [3.63, 3.8) is 0 Å². The first kappa shape index (κ1) is 20.6. The fourth-order valence-corrected chi connectivity index (χ4v) is 3.62. The lowest BCUT2D eigenvalue weighted by Crippen LogP contribution is -2.48. The summed E-state index contributed by atoms with van der Waals surface area (Å²) >= 11 is 0. The predicted molar refractivity (Wildman–Crippen MR) is 118 cm³/mol. The molecule has 1 aromatic heterocycles. The Bertz CT molecular complexity index is 1070. The Labute approximate surface area is 180 Å². The zero-order valence-corrected chi connectivity index (χ0v) is 17.7. The van der Waals surface area contributed by atoms with Crippen molar-refractivity contribution in [1.29, 1.82) is 0 Å². The topological polar surface area (TPSA) is 91.6 Å². The number of nitrogens with one attached hydrogen (secondary N) is 1. The van der Waals surface area contributed by atoms with Crippen LogP contribution < -0.4 is 10.2 Å². The van der Waals surface area contributed by atoms with Crippen LogP contribution in [0.25, 0.3) is 11.4 Å². The van der Waals surface area contributed by atoms with Gasteiger partial charge in [-0.15, -0.1) is 0 Å². The van der Waals surface area contributed by atoms with E-state index in [1.807, 2.05) is 36.1 Å². The minimum Gasteiger partial charge on any atom is -0.368 e. The largest absolute Gasteiger partial charge is 0.368 e. The molecule has 1 N–H and O–H groups in total. The van der Waals surface area contributed by atoms with Crippen molar-refractivity contribution in [1.82, 2.24) is 15.0 Å². The highest BCUT2D eigenvalue weighted by molar-refractivity contribution is 5.97. The maximum Gasteiger partial charge on any atom is 0.254 e. The van der Waals surface area contributed by atoms with Crippen LogP contribution in [0.1, 0.15) is 30.1 Å². The van der Waals surface area contributed by atoms with E-state index in [-0.39, 0.29) is 11.8 Å². The second-order valence-electron chi connectivity index (χ2n) is 7.45. The van der Waals surface area contributed by atoms with Crippen molar-refractivity contribution >= 4 is 23.2 Å². The van der Waals surface area contributed by atoms with Crippen molar-refractivity contribution in [2.45, 2.75) is 20.3 Å². The number of nitrogens with zero attached hydrogens (tertiary/aromatic N) is 4. The van der Waals surface area contributed by atoms with Crippen LogP contribution in [0.15, 0.2) is 53.1 Å². The molecule has 2 heterocycles. The van der Waals surface area contributed by atoms with Gasteiger partial charge in [-0.2, -0.15) is 4.98 Å². The SMILES string of the molecule is CCc1nc(-c2ccc(N3CCN(C(=O)c4cccc(NC(C)=O)c4)CC3)cc2)no1. The highest BCUT2D eigenvalue weighted by Gasteiger charge is 2.22. The molecule has 31 heavy (non-hydrogen) atoms. The average molecular weight is 419 g/mol. The first-order valence-corrected chi connectivity index (χ1v) is 10.4. The fourth-order valence-electron chi connectivity index (χ4n) is 3.62. The molecular weight excluding hydrogens is 394 g/mol. The monoisotopic (exact) mass is 419 g/mol. The van der Waals surface area contributed by atoms with Gasteiger partial charge < -0.3 is 19.6 Å². The van der Waals surface area contributed by atoms with E-state index < -0.39 is 0 Å². The van der Waals surface area contributed by atoms with Gasteiger partial charge in [-0.05, 0) is 42.5 Å². The summed E-state index contributed by atoms with van der Waals surface area (Å²) < 4.78 is 5.18. The smallest absolute Gasteiger partial charge is 0.254 e. The van der Waals surface area contributed by atoms with Crippen molar-refractivity contribution in [2.75, 3.05) is 36.4 Å². The quantitative estimate of drug-likeness (QED) is 0.683. The van der Waals surface area contributed by atoms with Gasteiger partial charge in [0.25, 0.3) is 5.91 Å². The Kier molecular flexibility index (Phi) is 5.97. The molecule has 1 fully saturated rings. The number of hydrogen-bond acceptors (Lipinski definition) is 6. The first-order chi connectivity index (χ1) is 15.0. The predicted octanol–water partition coefficient (Wildman–Crippen LogP) is 3.22. The summed E-state index contributed by atoms with van der Waals surface area (Å²) in [7, 11) is 0. The molecule has 2 aromatic carbocycles. The number of hydrogen-bond donors (Lipinski definition) is 1. The molecule has 0 radical (unpaired) electrons. The maximum absolute atomic E-state index is 12.9. The number of piperazine rings is 1. The molecule has 3 aromatic rings. The summed E-state index contributed by atoms with van der Waals surface area (Å²) in [6.45, 7) is 6.19. The van der Waals surface area contributed by atoms with Crippen LogP contribution in [0.4, 0.5) is 11.4 Å². The molecule has 0 atom stereocenters.